The van der Waals surface area contributed by atoms with Crippen LogP contribution in [0.25, 0.3) is 0 Å². The molecule has 5 rings (SSSR count). The minimum atomic E-state index is 0.0324. The van der Waals surface area contributed by atoms with Gasteiger partial charge >= 0.3 is 0 Å². The second-order valence-corrected chi connectivity index (χ2v) is 8.34. The van der Waals surface area contributed by atoms with Crippen LogP contribution < -0.4 is 11.1 Å². The third kappa shape index (κ3) is 2.48. The van der Waals surface area contributed by atoms with Crippen LogP contribution in [0.4, 0.5) is 5.69 Å². The van der Waals surface area contributed by atoms with E-state index in [4.69, 9.17) is 5.73 Å². The predicted molar refractivity (Wildman–Crippen MR) is 86.9 cm³/mol. The number of nitrogens with two attached hydrogens (primary N) is 1. The Labute approximate surface area is 133 Å². The van der Waals surface area contributed by atoms with Crippen molar-refractivity contribution in [2.24, 2.45) is 17.8 Å². The summed E-state index contributed by atoms with van der Waals surface area (Å²) in [5.74, 6) is 2.54. The zero-order valence-electron chi connectivity index (χ0n) is 12.1. The largest absolute Gasteiger partial charge is 0.399 e. The highest BCUT2D eigenvalue weighted by Crippen LogP contribution is 2.55. The first kappa shape index (κ1) is 13.6. The number of anilines is 1. The molecule has 0 unspecified atom stereocenters. The van der Waals surface area contributed by atoms with Gasteiger partial charge in [-0.05, 0) is 74.5 Å². The fourth-order valence-electron chi connectivity index (χ4n) is 5.32. The highest BCUT2D eigenvalue weighted by Gasteiger charge is 2.51. The molecule has 4 saturated carbocycles. The highest BCUT2D eigenvalue weighted by atomic mass is 79.9. The van der Waals surface area contributed by atoms with Gasteiger partial charge < -0.3 is 11.1 Å². The highest BCUT2D eigenvalue weighted by molar-refractivity contribution is 9.10. The lowest BCUT2D eigenvalue weighted by Crippen LogP contribution is -2.59. The van der Waals surface area contributed by atoms with Crippen molar-refractivity contribution in [3.8, 4) is 0 Å². The zero-order valence-corrected chi connectivity index (χ0v) is 13.7. The summed E-state index contributed by atoms with van der Waals surface area (Å²) < 4.78 is 0.859. The first-order valence-electron chi connectivity index (χ1n) is 7.90. The summed E-state index contributed by atoms with van der Waals surface area (Å²) in [4.78, 5) is 12.6. The zero-order chi connectivity index (χ0) is 14.6. The molecule has 4 fully saturated rings. The maximum absolute atomic E-state index is 12.6. The van der Waals surface area contributed by atoms with Gasteiger partial charge in [-0.15, -0.1) is 0 Å². The number of hydrogen-bond acceptors (Lipinski definition) is 2. The molecule has 3 nitrogen and oxygen atoms in total. The van der Waals surface area contributed by atoms with Crippen molar-refractivity contribution in [3.05, 3.63) is 28.2 Å². The lowest BCUT2D eigenvalue weighted by Gasteiger charge is -2.56. The number of hydrogen-bond donors (Lipinski definition) is 2. The summed E-state index contributed by atoms with van der Waals surface area (Å²) >= 11 is 3.41. The molecule has 4 aliphatic rings. The molecule has 21 heavy (non-hydrogen) atoms. The molecule has 112 valence electrons. The second kappa shape index (κ2) is 4.73. The fourth-order valence-corrected chi connectivity index (χ4v) is 5.83. The monoisotopic (exact) mass is 348 g/mol. The standard InChI is InChI=1S/C17H21BrN2O/c18-14-4-13(5-15(19)6-14)16(21)20-17-7-10-1-11(8-17)3-12(2-10)9-17/h4-6,10-12H,1-3,7-9,19H2,(H,20,21). The molecular formula is C17H21BrN2O. The minimum absolute atomic E-state index is 0.0324. The van der Waals surface area contributed by atoms with Crippen LogP contribution in [0, 0.1) is 17.8 Å². The van der Waals surface area contributed by atoms with Crippen molar-refractivity contribution in [1.82, 2.24) is 5.32 Å². The molecule has 4 aliphatic carbocycles. The van der Waals surface area contributed by atoms with Crippen LogP contribution in [-0.2, 0) is 0 Å². The van der Waals surface area contributed by atoms with Gasteiger partial charge in [0.2, 0.25) is 0 Å². The Balaban J connectivity index is 1.56. The lowest BCUT2D eigenvalue weighted by molar-refractivity contribution is -0.0167. The van der Waals surface area contributed by atoms with Crippen molar-refractivity contribution in [2.75, 3.05) is 5.73 Å². The average Bonchev–Trinajstić information content (AvgIpc) is 2.35. The molecular weight excluding hydrogens is 328 g/mol. The van der Waals surface area contributed by atoms with Crippen LogP contribution in [0.2, 0.25) is 0 Å². The molecule has 1 amide bonds. The molecule has 4 bridgehead atoms. The molecule has 0 aromatic heterocycles. The van der Waals surface area contributed by atoms with Crippen LogP contribution in [0.15, 0.2) is 22.7 Å². The number of amides is 1. The smallest absolute Gasteiger partial charge is 0.251 e. The summed E-state index contributed by atoms with van der Waals surface area (Å²) in [5.41, 5.74) is 7.20. The van der Waals surface area contributed by atoms with Gasteiger partial charge in [0.1, 0.15) is 0 Å². The minimum Gasteiger partial charge on any atom is -0.399 e. The third-order valence-corrected chi connectivity index (χ3v) is 6.06. The SMILES string of the molecule is Nc1cc(Br)cc(C(=O)NC23CC4CC(CC(C4)C2)C3)c1. The number of halogens is 1. The van der Waals surface area contributed by atoms with E-state index in [-0.39, 0.29) is 11.4 Å². The Morgan fingerprint density at radius 3 is 2.19 bits per heavy atom. The second-order valence-electron chi connectivity index (χ2n) is 7.43. The van der Waals surface area contributed by atoms with E-state index in [0.29, 0.717) is 11.3 Å². The molecule has 1 aromatic rings. The Kier molecular flexibility index (Phi) is 3.07. The van der Waals surface area contributed by atoms with Gasteiger partial charge in [-0.2, -0.15) is 0 Å². The van der Waals surface area contributed by atoms with Gasteiger partial charge in [0, 0.05) is 21.3 Å². The van der Waals surface area contributed by atoms with E-state index in [1.807, 2.05) is 12.1 Å². The van der Waals surface area contributed by atoms with Crippen molar-refractivity contribution in [2.45, 2.75) is 44.1 Å². The van der Waals surface area contributed by atoms with Crippen LogP contribution >= 0.6 is 15.9 Å². The van der Waals surface area contributed by atoms with Gasteiger partial charge in [-0.3, -0.25) is 4.79 Å². The van der Waals surface area contributed by atoms with Gasteiger partial charge in [-0.1, -0.05) is 15.9 Å². The maximum atomic E-state index is 12.6. The Morgan fingerprint density at radius 1 is 1.10 bits per heavy atom. The van der Waals surface area contributed by atoms with Crippen LogP contribution in [0.5, 0.6) is 0 Å². The Hall–Kier alpha value is -1.03. The molecule has 0 heterocycles. The fraction of sp³-hybridized carbons (Fsp3) is 0.588. The van der Waals surface area contributed by atoms with E-state index < -0.39 is 0 Å². The van der Waals surface area contributed by atoms with Crippen LogP contribution in [0.1, 0.15) is 48.9 Å². The predicted octanol–water partition coefficient (Wildman–Crippen LogP) is 3.73. The summed E-state index contributed by atoms with van der Waals surface area (Å²) in [6.07, 6.45) is 7.69. The Bertz CT molecular complexity index is 543. The maximum Gasteiger partial charge on any atom is 0.251 e. The average molecular weight is 349 g/mol. The first-order chi connectivity index (χ1) is 10.0. The number of rotatable bonds is 2. The van der Waals surface area contributed by atoms with Gasteiger partial charge in [-0.25, -0.2) is 0 Å². The number of carbonyl (C=O) groups excluding carboxylic acids is 1. The topological polar surface area (TPSA) is 55.1 Å². The number of nitrogens with one attached hydrogen (secondary N) is 1. The molecule has 4 heteroatoms. The van der Waals surface area contributed by atoms with E-state index >= 15 is 0 Å². The van der Waals surface area contributed by atoms with Crippen molar-refractivity contribution in [1.29, 1.82) is 0 Å². The van der Waals surface area contributed by atoms with E-state index in [0.717, 1.165) is 22.2 Å². The van der Waals surface area contributed by atoms with Gasteiger partial charge in [0.25, 0.3) is 5.91 Å². The third-order valence-electron chi connectivity index (χ3n) is 5.60. The molecule has 3 N–H and O–H groups in total. The quantitative estimate of drug-likeness (QED) is 0.800. The molecule has 0 atom stereocenters. The van der Waals surface area contributed by atoms with E-state index in [1.165, 1.54) is 38.5 Å². The van der Waals surface area contributed by atoms with Gasteiger partial charge in [0.05, 0.1) is 0 Å². The lowest BCUT2D eigenvalue weighted by atomic mass is 9.53. The molecule has 0 aliphatic heterocycles. The summed E-state index contributed by atoms with van der Waals surface area (Å²) in [6, 6.07) is 5.44. The van der Waals surface area contributed by atoms with Crippen LogP contribution in [-0.4, -0.2) is 11.4 Å². The summed E-state index contributed by atoms with van der Waals surface area (Å²) in [5, 5.41) is 3.38. The Morgan fingerprint density at radius 2 is 1.67 bits per heavy atom. The molecule has 0 spiro atoms. The first-order valence-corrected chi connectivity index (χ1v) is 8.69. The van der Waals surface area contributed by atoms with Crippen LogP contribution in [0.3, 0.4) is 0 Å². The van der Waals surface area contributed by atoms with E-state index in [1.54, 1.807) is 6.07 Å². The molecule has 0 radical (unpaired) electrons. The number of nitrogen functional groups attached to an aromatic ring is 1. The van der Waals surface area contributed by atoms with Gasteiger partial charge in [0.15, 0.2) is 0 Å². The number of carbonyl (C=O) groups is 1. The van der Waals surface area contributed by atoms with E-state index in [2.05, 4.69) is 21.2 Å². The van der Waals surface area contributed by atoms with Crippen molar-refractivity contribution >= 4 is 27.5 Å². The number of benzene rings is 1. The summed E-state index contributed by atoms with van der Waals surface area (Å²) in [6.45, 7) is 0. The molecule has 1 aromatic carbocycles. The molecule has 0 saturated heterocycles. The normalized spacial score (nSPS) is 36.7. The van der Waals surface area contributed by atoms with E-state index in [9.17, 15) is 4.79 Å². The summed E-state index contributed by atoms with van der Waals surface area (Å²) in [7, 11) is 0. The van der Waals surface area contributed by atoms with Crippen molar-refractivity contribution < 1.29 is 4.79 Å². The van der Waals surface area contributed by atoms with Crippen molar-refractivity contribution in [3.63, 3.8) is 0 Å².